The number of hydrogen-bond donors (Lipinski definition) is 2. The lowest BCUT2D eigenvalue weighted by Gasteiger charge is -2.32. The van der Waals surface area contributed by atoms with E-state index in [1.54, 1.807) is 19.1 Å². The first-order valence-corrected chi connectivity index (χ1v) is 11.4. The molecule has 0 saturated carbocycles. The fourth-order valence-corrected chi connectivity index (χ4v) is 3.99. The van der Waals surface area contributed by atoms with Gasteiger partial charge in [0.15, 0.2) is 11.5 Å². The third kappa shape index (κ3) is 5.78. The molecule has 0 fully saturated rings. The first-order chi connectivity index (χ1) is 15.7. The van der Waals surface area contributed by atoms with Gasteiger partial charge in [0.05, 0.1) is 14.2 Å². The zero-order chi connectivity index (χ0) is 24.1. The van der Waals surface area contributed by atoms with Crippen LogP contribution in [-0.4, -0.2) is 43.6 Å². The van der Waals surface area contributed by atoms with Crippen molar-refractivity contribution < 1.29 is 19.1 Å². The van der Waals surface area contributed by atoms with Crippen molar-refractivity contribution in [1.82, 2.24) is 10.2 Å². The summed E-state index contributed by atoms with van der Waals surface area (Å²) in [5.74, 6) is 1.46. The minimum atomic E-state index is -0.644. The number of nitrogens with one attached hydrogen (secondary N) is 2. The minimum Gasteiger partial charge on any atom is -0.493 e. The van der Waals surface area contributed by atoms with Crippen LogP contribution in [-0.2, 0) is 17.8 Å². The molecule has 0 spiro atoms. The van der Waals surface area contributed by atoms with Crippen LogP contribution in [0.25, 0.3) is 0 Å². The van der Waals surface area contributed by atoms with Crippen LogP contribution >= 0.6 is 0 Å². The zero-order valence-corrected chi connectivity index (χ0v) is 20.4. The van der Waals surface area contributed by atoms with E-state index in [0.717, 1.165) is 16.8 Å². The minimum absolute atomic E-state index is 0.0645. The summed E-state index contributed by atoms with van der Waals surface area (Å²) in [6.45, 7) is 9.12. The van der Waals surface area contributed by atoms with E-state index in [4.69, 9.17) is 9.47 Å². The molecule has 2 N–H and O–H groups in total. The monoisotopic (exact) mass is 453 g/mol. The summed E-state index contributed by atoms with van der Waals surface area (Å²) in [4.78, 5) is 27.8. The topological polar surface area (TPSA) is 79.9 Å². The Morgan fingerprint density at radius 1 is 0.939 bits per heavy atom. The SMILES string of the molecule is COc1cc2c(cc1OC)CN(C(=O)NC(C(=O)Nc1ccc(C(C)C)cc1)C(C)C)CC2. The van der Waals surface area contributed by atoms with E-state index < -0.39 is 6.04 Å². The second-order valence-corrected chi connectivity index (χ2v) is 9.08. The number of hydrogen-bond acceptors (Lipinski definition) is 4. The van der Waals surface area contributed by atoms with Crippen LogP contribution in [0.5, 0.6) is 11.5 Å². The molecule has 0 radical (unpaired) electrons. The normalized spacial score (nSPS) is 14.0. The van der Waals surface area contributed by atoms with Crippen molar-refractivity contribution in [3.8, 4) is 11.5 Å². The van der Waals surface area contributed by atoms with E-state index in [1.807, 2.05) is 50.2 Å². The number of rotatable bonds is 7. The highest BCUT2D eigenvalue weighted by molar-refractivity contribution is 5.97. The summed E-state index contributed by atoms with van der Waals surface area (Å²) in [6.07, 6.45) is 0.712. The van der Waals surface area contributed by atoms with Gasteiger partial charge in [0.2, 0.25) is 5.91 Å². The first kappa shape index (κ1) is 24.4. The Bertz CT molecular complexity index is 986. The van der Waals surface area contributed by atoms with Crippen LogP contribution < -0.4 is 20.1 Å². The third-order valence-electron chi connectivity index (χ3n) is 6.08. The van der Waals surface area contributed by atoms with Gasteiger partial charge >= 0.3 is 6.03 Å². The van der Waals surface area contributed by atoms with Crippen molar-refractivity contribution in [3.63, 3.8) is 0 Å². The molecule has 7 nitrogen and oxygen atoms in total. The summed E-state index contributed by atoms with van der Waals surface area (Å²) >= 11 is 0. The number of benzene rings is 2. The van der Waals surface area contributed by atoms with Gasteiger partial charge in [-0.1, -0.05) is 39.8 Å². The molecule has 0 bridgehead atoms. The lowest BCUT2D eigenvalue weighted by atomic mass is 9.98. The Morgan fingerprint density at radius 2 is 1.55 bits per heavy atom. The van der Waals surface area contributed by atoms with Gasteiger partial charge < -0.3 is 25.0 Å². The number of anilines is 1. The van der Waals surface area contributed by atoms with Gasteiger partial charge in [0.25, 0.3) is 0 Å². The average molecular weight is 454 g/mol. The number of fused-ring (bicyclic) bond motifs is 1. The number of ether oxygens (including phenoxy) is 2. The lowest BCUT2D eigenvalue weighted by molar-refractivity contribution is -0.118. The summed E-state index contributed by atoms with van der Waals surface area (Å²) in [6, 6.07) is 10.8. The Hall–Kier alpha value is -3.22. The van der Waals surface area contributed by atoms with Gasteiger partial charge in [-0.25, -0.2) is 4.79 Å². The smallest absolute Gasteiger partial charge is 0.318 e. The Morgan fingerprint density at radius 3 is 2.09 bits per heavy atom. The van der Waals surface area contributed by atoms with Crippen LogP contribution in [0, 0.1) is 5.92 Å². The fourth-order valence-electron chi connectivity index (χ4n) is 3.99. The van der Waals surface area contributed by atoms with Crippen molar-refractivity contribution >= 4 is 17.6 Å². The van der Waals surface area contributed by atoms with Gasteiger partial charge in [-0.05, 0) is 59.2 Å². The molecular formula is C26H35N3O4. The molecule has 7 heteroatoms. The van der Waals surface area contributed by atoms with Crippen LogP contribution in [0.4, 0.5) is 10.5 Å². The molecule has 1 heterocycles. The molecule has 3 rings (SSSR count). The van der Waals surface area contributed by atoms with E-state index in [9.17, 15) is 9.59 Å². The second kappa shape index (κ2) is 10.6. The standard InChI is InChI=1S/C26H35N3O4/c1-16(2)18-7-9-21(10-8-18)27-25(30)24(17(3)4)28-26(31)29-12-11-19-13-22(32-5)23(33-6)14-20(19)15-29/h7-10,13-14,16-17,24H,11-12,15H2,1-6H3,(H,27,30)(H,28,31). The van der Waals surface area contributed by atoms with Crippen molar-refractivity contribution in [2.75, 3.05) is 26.1 Å². The van der Waals surface area contributed by atoms with Crippen LogP contribution in [0.15, 0.2) is 36.4 Å². The first-order valence-electron chi connectivity index (χ1n) is 11.4. The Labute approximate surface area is 196 Å². The molecule has 33 heavy (non-hydrogen) atoms. The van der Waals surface area contributed by atoms with Gasteiger partial charge in [-0.2, -0.15) is 0 Å². The molecule has 1 aliphatic rings. The van der Waals surface area contributed by atoms with Gasteiger partial charge in [-0.15, -0.1) is 0 Å². The van der Waals surface area contributed by atoms with E-state index in [-0.39, 0.29) is 17.9 Å². The number of nitrogens with zero attached hydrogens (tertiary/aromatic N) is 1. The quantitative estimate of drug-likeness (QED) is 0.644. The molecule has 1 unspecified atom stereocenters. The number of carbonyl (C=O) groups is 2. The van der Waals surface area contributed by atoms with Crippen molar-refractivity contribution in [3.05, 3.63) is 53.1 Å². The van der Waals surface area contributed by atoms with Crippen molar-refractivity contribution in [2.24, 2.45) is 5.92 Å². The van der Waals surface area contributed by atoms with Gasteiger partial charge in [0, 0.05) is 18.8 Å². The molecule has 2 aromatic carbocycles. The highest BCUT2D eigenvalue weighted by atomic mass is 16.5. The Balaban J connectivity index is 1.67. The van der Waals surface area contributed by atoms with Crippen LogP contribution in [0.3, 0.4) is 0 Å². The fraction of sp³-hybridized carbons (Fsp3) is 0.462. The van der Waals surface area contributed by atoms with E-state index in [2.05, 4.69) is 24.5 Å². The summed E-state index contributed by atoms with van der Waals surface area (Å²) in [5.41, 5.74) is 4.09. The number of methoxy groups -OCH3 is 2. The third-order valence-corrected chi connectivity index (χ3v) is 6.08. The number of urea groups is 1. The summed E-state index contributed by atoms with van der Waals surface area (Å²) in [7, 11) is 3.21. The molecule has 0 aromatic heterocycles. The predicted molar refractivity (Wildman–Crippen MR) is 130 cm³/mol. The lowest BCUT2D eigenvalue weighted by Crippen LogP contribution is -2.52. The molecule has 3 amide bonds. The number of amides is 3. The Kier molecular flexibility index (Phi) is 7.84. The number of carbonyl (C=O) groups excluding carboxylic acids is 2. The zero-order valence-electron chi connectivity index (χ0n) is 20.4. The molecule has 1 aliphatic heterocycles. The summed E-state index contributed by atoms with van der Waals surface area (Å²) < 4.78 is 10.8. The largest absolute Gasteiger partial charge is 0.493 e. The molecular weight excluding hydrogens is 418 g/mol. The van der Waals surface area contributed by atoms with Crippen LogP contribution in [0.1, 0.15) is 50.3 Å². The molecule has 0 saturated heterocycles. The predicted octanol–water partition coefficient (Wildman–Crippen LogP) is 4.56. The maximum atomic E-state index is 13.1. The average Bonchev–Trinajstić information content (AvgIpc) is 2.80. The van der Waals surface area contributed by atoms with Crippen molar-refractivity contribution in [2.45, 2.75) is 52.6 Å². The highest BCUT2D eigenvalue weighted by Gasteiger charge is 2.29. The molecule has 178 valence electrons. The maximum Gasteiger partial charge on any atom is 0.318 e. The maximum absolute atomic E-state index is 13.1. The summed E-state index contributed by atoms with van der Waals surface area (Å²) in [5, 5.41) is 5.88. The van der Waals surface area contributed by atoms with E-state index in [1.165, 1.54) is 5.56 Å². The van der Waals surface area contributed by atoms with Crippen molar-refractivity contribution in [1.29, 1.82) is 0 Å². The molecule has 2 aromatic rings. The molecule has 1 atom stereocenters. The van der Waals surface area contributed by atoms with Gasteiger partial charge in [-0.3, -0.25) is 4.79 Å². The van der Waals surface area contributed by atoms with E-state index >= 15 is 0 Å². The van der Waals surface area contributed by atoms with Gasteiger partial charge in [0.1, 0.15) is 6.04 Å². The highest BCUT2D eigenvalue weighted by Crippen LogP contribution is 2.33. The second-order valence-electron chi connectivity index (χ2n) is 9.08. The molecule has 0 aliphatic carbocycles. The van der Waals surface area contributed by atoms with Crippen LogP contribution in [0.2, 0.25) is 0 Å². The van der Waals surface area contributed by atoms with E-state index in [0.29, 0.717) is 36.9 Å².